The molecule has 22 heavy (non-hydrogen) atoms. The maximum absolute atomic E-state index is 11.2. The number of nitrogen functional groups attached to an aromatic ring is 1. The second-order valence-electron chi connectivity index (χ2n) is 5.86. The lowest BCUT2D eigenvalue weighted by Gasteiger charge is -2.35. The highest BCUT2D eigenvalue weighted by Gasteiger charge is 2.39. The molecule has 0 aliphatic heterocycles. The lowest BCUT2D eigenvalue weighted by atomic mass is 9.97. The minimum absolute atomic E-state index is 0.474. The molecule has 0 fully saturated rings. The molecule has 0 radical (unpaired) electrons. The molecule has 4 heteroatoms. The summed E-state index contributed by atoms with van der Waals surface area (Å²) in [4.78, 5) is 0. The van der Waals surface area contributed by atoms with E-state index in [0.717, 1.165) is 31.2 Å². The fourth-order valence-electron chi connectivity index (χ4n) is 2.28. The molecule has 0 saturated heterocycles. The van der Waals surface area contributed by atoms with Gasteiger partial charge in [0, 0.05) is 17.9 Å². The summed E-state index contributed by atoms with van der Waals surface area (Å²) in [6, 6.07) is 5.60. The molecule has 0 saturated carbocycles. The number of aliphatic hydroxyl groups is 1. The zero-order valence-corrected chi connectivity index (χ0v) is 14.4. The minimum Gasteiger partial charge on any atom is -0.398 e. The Balaban J connectivity index is 3.01. The minimum atomic E-state index is -1.51. The topological polar surface area (TPSA) is 64.7 Å². The summed E-state index contributed by atoms with van der Waals surface area (Å²) in [5.41, 5.74) is 8.22. The molecule has 0 amide bonds. The second kappa shape index (κ2) is 9.13. The van der Waals surface area contributed by atoms with Crippen LogP contribution in [0.3, 0.4) is 0 Å². The maximum atomic E-state index is 11.2. The summed E-state index contributed by atoms with van der Waals surface area (Å²) in [6.07, 6.45) is 3.41. The van der Waals surface area contributed by atoms with Gasteiger partial charge in [-0.2, -0.15) is 0 Å². The zero-order chi connectivity index (χ0) is 16.6. The van der Waals surface area contributed by atoms with Crippen molar-refractivity contribution in [3.8, 4) is 0 Å². The van der Waals surface area contributed by atoms with E-state index in [0.29, 0.717) is 24.5 Å². The van der Waals surface area contributed by atoms with Crippen molar-refractivity contribution in [3.05, 3.63) is 29.3 Å². The Morgan fingerprint density at radius 2 is 1.82 bits per heavy atom. The molecule has 0 spiro atoms. The predicted molar refractivity (Wildman–Crippen MR) is 90.7 cm³/mol. The quantitative estimate of drug-likeness (QED) is 0.392. The fraction of sp³-hybridized carbons (Fsp3) is 0.667. The van der Waals surface area contributed by atoms with E-state index in [-0.39, 0.29) is 0 Å². The summed E-state index contributed by atoms with van der Waals surface area (Å²) in [7, 11) is 0. The normalized spacial score (nSPS) is 15.5. The van der Waals surface area contributed by atoms with Crippen molar-refractivity contribution in [2.75, 3.05) is 18.9 Å². The Morgan fingerprint density at radius 1 is 1.18 bits per heavy atom. The average molecular weight is 309 g/mol. The van der Waals surface area contributed by atoms with Gasteiger partial charge in [0.25, 0.3) is 0 Å². The zero-order valence-electron chi connectivity index (χ0n) is 14.4. The summed E-state index contributed by atoms with van der Waals surface area (Å²) in [5, 5.41) is 11.2. The van der Waals surface area contributed by atoms with Crippen LogP contribution < -0.4 is 5.73 Å². The number of hydrogen-bond donors (Lipinski definition) is 2. The lowest BCUT2D eigenvalue weighted by Crippen LogP contribution is -2.43. The molecule has 126 valence electrons. The van der Waals surface area contributed by atoms with Gasteiger partial charge < -0.3 is 20.3 Å². The van der Waals surface area contributed by atoms with Crippen LogP contribution in [0, 0.1) is 6.92 Å². The van der Waals surface area contributed by atoms with E-state index in [4.69, 9.17) is 15.2 Å². The summed E-state index contributed by atoms with van der Waals surface area (Å²) in [5.74, 6) is -1.51. The molecule has 0 aromatic heterocycles. The molecule has 0 bridgehead atoms. The van der Waals surface area contributed by atoms with Crippen molar-refractivity contribution >= 4 is 5.69 Å². The highest BCUT2D eigenvalue weighted by Crippen LogP contribution is 2.33. The van der Waals surface area contributed by atoms with Crippen LogP contribution in [0.1, 0.15) is 57.6 Å². The van der Waals surface area contributed by atoms with Gasteiger partial charge in [-0.05, 0) is 38.8 Å². The van der Waals surface area contributed by atoms with Crippen molar-refractivity contribution < 1.29 is 14.6 Å². The third-order valence-electron chi connectivity index (χ3n) is 3.83. The van der Waals surface area contributed by atoms with Gasteiger partial charge in [0.2, 0.25) is 5.79 Å². The van der Waals surface area contributed by atoms with Crippen molar-refractivity contribution in [1.82, 2.24) is 0 Å². The van der Waals surface area contributed by atoms with Crippen molar-refractivity contribution in [1.29, 1.82) is 0 Å². The van der Waals surface area contributed by atoms with E-state index in [2.05, 4.69) is 13.8 Å². The fourth-order valence-corrected chi connectivity index (χ4v) is 2.28. The van der Waals surface area contributed by atoms with E-state index in [1.165, 1.54) is 0 Å². The summed E-state index contributed by atoms with van der Waals surface area (Å²) >= 11 is 0. The monoisotopic (exact) mass is 309 g/mol. The third-order valence-corrected chi connectivity index (χ3v) is 3.83. The number of benzene rings is 1. The van der Waals surface area contributed by atoms with Crippen LogP contribution in [0.2, 0.25) is 0 Å². The van der Waals surface area contributed by atoms with Crippen molar-refractivity contribution in [2.45, 2.75) is 65.3 Å². The van der Waals surface area contributed by atoms with Crippen LogP contribution in [-0.2, 0) is 15.3 Å². The first-order valence-electron chi connectivity index (χ1n) is 8.30. The average Bonchev–Trinajstić information content (AvgIpc) is 2.49. The third kappa shape index (κ3) is 4.97. The second-order valence-corrected chi connectivity index (χ2v) is 5.86. The van der Waals surface area contributed by atoms with Gasteiger partial charge in [0.15, 0.2) is 0 Å². The number of anilines is 1. The van der Waals surface area contributed by atoms with E-state index in [9.17, 15) is 5.11 Å². The van der Waals surface area contributed by atoms with Gasteiger partial charge in [0.1, 0.15) is 6.10 Å². The summed E-state index contributed by atoms with van der Waals surface area (Å²) in [6.45, 7) is 9.08. The number of aryl methyl sites for hydroxylation is 1. The summed E-state index contributed by atoms with van der Waals surface area (Å²) < 4.78 is 11.6. The number of nitrogens with two attached hydrogens (primary N) is 1. The van der Waals surface area contributed by atoms with Gasteiger partial charge in [-0.25, -0.2) is 0 Å². The molecule has 0 heterocycles. The van der Waals surface area contributed by atoms with Gasteiger partial charge >= 0.3 is 0 Å². The van der Waals surface area contributed by atoms with E-state index in [1.54, 1.807) is 6.07 Å². The van der Waals surface area contributed by atoms with Gasteiger partial charge in [-0.1, -0.05) is 38.3 Å². The molecule has 2 unspecified atom stereocenters. The first-order valence-corrected chi connectivity index (χ1v) is 8.30. The van der Waals surface area contributed by atoms with Gasteiger partial charge in [0.05, 0.1) is 6.61 Å². The Morgan fingerprint density at radius 3 is 2.45 bits per heavy atom. The first-order chi connectivity index (χ1) is 10.5. The molecular formula is C18H31NO3. The number of hydrogen-bond acceptors (Lipinski definition) is 4. The van der Waals surface area contributed by atoms with Crippen molar-refractivity contribution in [3.63, 3.8) is 0 Å². The number of rotatable bonds is 10. The highest BCUT2D eigenvalue weighted by molar-refractivity contribution is 5.51. The van der Waals surface area contributed by atoms with Crippen LogP contribution in [0.5, 0.6) is 0 Å². The SMILES string of the molecule is CCCCOC(C)C(O)(OCCCC)c1cc(C)ccc1N. The largest absolute Gasteiger partial charge is 0.398 e. The molecular weight excluding hydrogens is 278 g/mol. The molecule has 4 nitrogen and oxygen atoms in total. The molecule has 0 aliphatic rings. The Labute approximate surface area is 134 Å². The number of unbranched alkanes of at least 4 members (excludes halogenated alkanes) is 2. The van der Waals surface area contributed by atoms with Crippen LogP contribution in [-0.4, -0.2) is 24.4 Å². The number of ether oxygens (including phenoxy) is 2. The molecule has 3 N–H and O–H groups in total. The van der Waals surface area contributed by atoms with Crippen LogP contribution in [0.25, 0.3) is 0 Å². The van der Waals surface area contributed by atoms with Crippen LogP contribution in [0.4, 0.5) is 5.69 Å². The predicted octanol–water partition coefficient (Wildman–Crippen LogP) is 3.74. The lowest BCUT2D eigenvalue weighted by molar-refractivity contribution is -0.272. The molecule has 0 aliphatic carbocycles. The molecule has 2 atom stereocenters. The van der Waals surface area contributed by atoms with E-state index in [1.807, 2.05) is 26.0 Å². The first kappa shape index (κ1) is 18.9. The Bertz CT molecular complexity index is 450. The highest BCUT2D eigenvalue weighted by atomic mass is 16.7. The molecule has 1 aromatic rings. The Hall–Kier alpha value is -1.10. The van der Waals surface area contributed by atoms with Crippen molar-refractivity contribution in [2.24, 2.45) is 0 Å². The molecule has 1 rings (SSSR count). The maximum Gasteiger partial charge on any atom is 0.221 e. The van der Waals surface area contributed by atoms with E-state index >= 15 is 0 Å². The van der Waals surface area contributed by atoms with Crippen LogP contribution >= 0.6 is 0 Å². The van der Waals surface area contributed by atoms with Gasteiger partial charge in [-0.3, -0.25) is 0 Å². The smallest absolute Gasteiger partial charge is 0.221 e. The van der Waals surface area contributed by atoms with E-state index < -0.39 is 11.9 Å². The van der Waals surface area contributed by atoms with Crippen LogP contribution in [0.15, 0.2) is 18.2 Å². The standard InChI is InChI=1S/C18H31NO3/c1-5-7-11-21-15(4)18(20,22-12-8-6-2)16-13-14(3)9-10-17(16)19/h9-10,13,15,20H,5-8,11-12,19H2,1-4H3. The molecule has 1 aromatic carbocycles. The Kier molecular flexibility index (Phi) is 7.87. The van der Waals surface area contributed by atoms with Gasteiger partial charge in [-0.15, -0.1) is 0 Å².